The molecule has 0 rings (SSSR count). The second-order valence-electron chi connectivity index (χ2n) is 0.948. The predicted octanol–water partition coefficient (Wildman–Crippen LogP) is -0.0402. The molecule has 0 unspecified atom stereocenters. The highest BCUT2D eigenvalue weighted by atomic mass is 32.2. The molecule has 4 heteroatoms. The van der Waals surface area contributed by atoms with Gasteiger partial charge in [-0.1, -0.05) is 11.8 Å². The topological polar surface area (TPSA) is 43.4 Å². The first kappa shape index (κ1) is 7.49. The summed E-state index contributed by atoms with van der Waals surface area (Å²) < 4.78 is 4.21. The van der Waals surface area contributed by atoms with Crippen molar-refractivity contribution in [3.05, 3.63) is 0 Å². The van der Waals surface area contributed by atoms with Crippen molar-refractivity contribution in [2.45, 2.75) is 0 Å². The third kappa shape index (κ3) is 3.67. The van der Waals surface area contributed by atoms with Gasteiger partial charge in [-0.3, -0.25) is 9.59 Å². The molecule has 1 radical (unpaired) electrons. The lowest BCUT2D eigenvalue weighted by Gasteiger charge is -1.89. The molecule has 0 saturated carbocycles. The Hall–Kier alpha value is -0.510. The zero-order valence-electron chi connectivity index (χ0n) is 4.34. The van der Waals surface area contributed by atoms with E-state index in [-0.39, 0.29) is 5.75 Å². The summed E-state index contributed by atoms with van der Waals surface area (Å²) in [6, 6.07) is 0. The molecule has 0 aromatic heterocycles. The largest absolute Gasteiger partial charge is 0.468 e. The maximum absolute atomic E-state index is 10.1. The van der Waals surface area contributed by atoms with Crippen LogP contribution in [0.5, 0.6) is 0 Å². The molecule has 0 N–H and O–H groups in total. The monoisotopic (exact) mass is 133 g/mol. The number of hydrogen-bond donors (Lipinski definition) is 0. The Kier molecular flexibility index (Phi) is 4.35. The van der Waals surface area contributed by atoms with Crippen LogP contribution in [0.25, 0.3) is 0 Å². The second-order valence-corrected chi connectivity index (χ2v) is 1.69. The standard InChI is InChI=1S/C4H5O3S/c1-7-4(6)2-8-3-5/h2H2,1H3. The summed E-state index contributed by atoms with van der Waals surface area (Å²) in [6.07, 6.45) is 0. The van der Waals surface area contributed by atoms with Gasteiger partial charge < -0.3 is 4.74 Å². The first-order valence-electron chi connectivity index (χ1n) is 1.87. The second kappa shape index (κ2) is 4.64. The molecule has 0 atom stereocenters. The van der Waals surface area contributed by atoms with Crippen LogP contribution in [0.1, 0.15) is 0 Å². The Morgan fingerprint density at radius 3 is 2.88 bits per heavy atom. The number of ether oxygens (including phenoxy) is 1. The fraction of sp³-hybridized carbons (Fsp3) is 0.500. The van der Waals surface area contributed by atoms with E-state index in [0.717, 1.165) is 11.8 Å². The lowest BCUT2D eigenvalue weighted by atomic mass is 10.8. The van der Waals surface area contributed by atoms with Gasteiger partial charge in [-0.25, -0.2) is 0 Å². The lowest BCUT2D eigenvalue weighted by Crippen LogP contribution is -2.02. The summed E-state index contributed by atoms with van der Waals surface area (Å²) in [5.74, 6) is -0.349. The zero-order chi connectivity index (χ0) is 6.41. The molecule has 3 nitrogen and oxygen atoms in total. The third-order valence-electron chi connectivity index (χ3n) is 0.477. The molecule has 8 heavy (non-hydrogen) atoms. The van der Waals surface area contributed by atoms with Crippen molar-refractivity contribution in [1.82, 2.24) is 0 Å². The SMILES string of the molecule is COC(=O)CS[C]=O. The van der Waals surface area contributed by atoms with Gasteiger partial charge >= 0.3 is 5.97 Å². The van der Waals surface area contributed by atoms with Gasteiger partial charge in [-0.15, -0.1) is 0 Å². The Labute approximate surface area is 51.4 Å². The fourth-order valence-electron chi connectivity index (χ4n) is 0.147. The smallest absolute Gasteiger partial charge is 0.316 e. The molecule has 0 bridgehead atoms. The van der Waals surface area contributed by atoms with E-state index < -0.39 is 5.97 Å². The summed E-state index contributed by atoms with van der Waals surface area (Å²) in [5.41, 5.74) is 1.50. The van der Waals surface area contributed by atoms with Gasteiger partial charge in [-0.2, -0.15) is 0 Å². The highest BCUT2D eigenvalue weighted by molar-refractivity contribution is 8.12. The van der Waals surface area contributed by atoms with Gasteiger partial charge in [0.1, 0.15) is 0 Å². The zero-order valence-corrected chi connectivity index (χ0v) is 5.16. The number of carbonyl (C=O) groups is 1. The van der Waals surface area contributed by atoms with Crippen LogP contribution in [0.2, 0.25) is 0 Å². The summed E-state index contributed by atoms with van der Waals surface area (Å²) in [4.78, 5) is 19.6. The number of thioether (sulfide) groups is 1. The first-order valence-corrected chi connectivity index (χ1v) is 2.85. The van der Waals surface area contributed by atoms with Crippen molar-refractivity contribution < 1.29 is 14.3 Å². The average Bonchev–Trinajstić information content (AvgIpc) is 1.83. The Bertz CT molecular complexity index is 91.3. The molecule has 45 valence electrons. The van der Waals surface area contributed by atoms with Gasteiger partial charge in [-0.05, 0) is 0 Å². The molecule has 0 fully saturated rings. The van der Waals surface area contributed by atoms with Crippen LogP contribution in [-0.4, -0.2) is 24.5 Å². The van der Waals surface area contributed by atoms with Gasteiger partial charge in [0.15, 0.2) is 0 Å². The molecule has 0 spiro atoms. The van der Waals surface area contributed by atoms with E-state index >= 15 is 0 Å². The highest BCUT2D eigenvalue weighted by Gasteiger charge is 1.96. The lowest BCUT2D eigenvalue weighted by molar-refractivity contribution is -0.137. The highest BCUT2D eigenvalue weighted by Crippen LogP contribution is 1.91. The minimum absolute atomic E-state index is 0.0556. The van der Waals surface area contributed by atoms with Crippen molar-refractivity contribution in [3.63, 3.8) is 0 Å². The van der Waals surface area contributed by atoms with E-state index in [9.17, 15) is 9.59 Å². The average molecular weight is 133 g/mol. The Morgan fingerprint density at radius 2 is 2.50 bits per heavy atom. The van der Waals surface area contributed by atoms with Crippen LogP contribution in [0, 0.1) is 0 Å². The van der Waals surface area contributed by atoms with Gasteiger partial charge in [0.05, 0.1) is 12.9 Å². The van der Waals surface area contributed by atoms with Crippen LogP contribution in [-0.2, 0) is 14.3 Å². The van der Waals surface area contributed by atoms with E-state index in [1.165, 1.54) is 12.7 Å². The van der Waals surface area contributed by atoms with Crippen molar-refractivity contribution in [1.29, 1.82) is 0 Å². The van der Waals surface area contributed by atoms with E-state index in [1.807, 2.05) is 0 Å². The summed E-state index contributed by atoms with van der Waals surface area (Å²) in [6.45, 7) is 0. The fourth-order valence-corrected chi connectivity index (χ4v) is 0.442. The van der Waals surface area contributed by atoms with Crippen LogP contribution < -0.4 is 0 Å². The minimum atomic E-state index is -0.404. The van der Waals surface area contributed by atoms with Crippen molar-refractivity contribution in [2.24, 2.45) is 0 Å². The van der Waals surface area contributed by atoms with E-state index in [0.29, 0.717) is 0 Å². The summed E-state index contributed by atoms with van der Waals surface area (Å²) in [5, 5.41) is 0. The number of methoxy groups -OCH3 is 1. The first-order chi connectivity index (χ1) is 3.81. The van der Waals surface area contributed by atoms with Crippen LogP contribution in [0.15, 0.2) is 0 Å². The van der Waals surface area contributed by atoms with Crippen LogP contribution in [0.4, 0.5) is 0 Å². The van der Waals surface area contributed by atoms with Crippen molar-refractivity contribution in [2.75, 3.05) is 12.9 Å². The van der Waals surface area contributed by atoms with Gasteiger partial charge in [0, 0.05) is 0 Å². The number of hydrogen-bond acceptors (Lipinski definition) is 4. The normalized spacial score (nSPS) is 8.12. The van der Waals surface area contributed by atoms with Crippen molar-refractivity contribution in [3.8, 4) is 0 Å². The number of rotatable bonds is 3. The maximum Gasteiger partial charge on any atom is 0.316 e. The maximum atomic E-state index is 10.1. The van der Waals surface area contributed by atoms with Crippen molar-refractivity contribution >= 4 is 23.3 Å². The van der Waals surface area contributed by atoms with E-state index in [2.05, 4.69) is 4.74 Å². The van der Waals surface area contributed by atoms with E-state index in [1.54, 1.807) is 0 Å². The summed E-state index contributed by atoms with van der Waals surface area (Å²) >= 11 is 0.761. The third-order valence-corrected chi connectivity index (χ3v) is 0.975. The molecule has 0 saturated heterocycles. The molecule has 0 aliphatic heterocycles. The predicted molar refractivity (Wildman–Crippen MR) is 30.2 cm³/mol. The quantitative estimate of drug-likeness (QED) is 0.507. The number of esters is 1. The van der Waals surface area contributed by atoms with Crippen LogP contribution >= 0.6 is 11.8 Å². The Morgan fingerprint density at radius 1 is 1.88 bits per heavy atom. The molecule has 0 aromatic rings. The number of carbonyl (C=O) groups excluding carboxylic acids is 2. The molecule has 0 heterocycles. The minimum Gasteiger partial charge on any atom is -0.468 e. The summed E-state index contributed by atoms with van der Waals surface area (Å²) in [7, 11) is 1.27. The van der Waals surface area contributed by atoms with Gasteiger partial charge in [0.25, 0.3) is 5.62 Å². The van der Waals surface area contributed by atoms with Crippen LogP contribution in [0.3, 0.4) is 0 Å². The molecule has 0 aromatic carbocycles. The Balaban J connectivity index is 3.11. The molecular formula is C4H5O3S. The van der Waals surface area contributed by atoms with E-state index in [4.69, 9.17) is 0 Å². The molecule has 0 aliphatic rings. The molecular weight excluding hydrogens is 128 g/mol. The molecule has 0 aliphatic carbocycles. The van der Waals surface area contributed by atoms with Gasteiger partial charge in [0.2, 0.25) is 0 Å². The molecule has 0 amide bonds.